The number of methoxy groups -OCH3 is 1. The molecule has 1 heterocycles. The molecular weight excluding hydrogens is 299 g/mol. The Morgan fingerprint density at radius 3 is 2.65 bits per heavy atom. The topological polar surface area (TPSA) is 49.9 Å². The Morgan fingerprint density at radius 2 is 1.96 bits per heavy atom. The summed E-state index contributed by atoms with van der Waals surface area (Å²) < 4.78 is 18.1. The molecule has 1 saturated heterocycles. The number of halogens is 1. The van der Waals surface area contributed by atoms with Crippen molar-refractivity contribution in [3.63, 3.8) is 0 Å². The first kappa shape index (κ1) is 15.9. The number of imide groups is 1. The van der Waals surface area contributed by atoms with Gasteiger partial charge in [-0.05, 0) is 30.5 Å². The maximum atomic E-state index is 13.1. The van der Waals surface area contributed by atoms with Crippen LogP contribution in [0.3, 0.4) is 0 Å². The lowest BCUT2D eigenvalue weighted by atomic mass is 9.93. The molecule has 0 aromatic heterocycles. The van der Waals surface area contributed by atoms with Crippen LogP contribution in [0.2, 0.25) is 0 Å². The van der Waals surface area contributed by atoms with Crippen molar-refractivity contribution in [1.82, 2.24) is 9.80 Å². The van der Waals surface area contributed by atoms with E-state index < -0.39 is 0 Å². The van der Waals surface area contributed by atoms with E-state index in [1.54, 1.807) is 19.2 Å². The first-order valence-electron chi connectivity index (χ1n) is 7.97. The number of hydrogen-bond donors (Lipinski definition) is 0. The highest BCUT2D eigenvalue weighted by Crippen LogP contribution is 2.39. The Kier molecular flexibility index (Phi) is 4.61. The summed E-state index contributed by atoms with van der Waals surface area (Å²) >= 11 is 0. The molecule has 0 bridgehead atoms. The summed E-state index contributed by atoms with van der Waals surface area (Å²) in [5, 5.41) is 0. The highest BCUT2D eigenvalue weighted by Gasteiger charge is 2.45. The molecule has 0 radical (unpaired) electrons. The Morgan fingerprint density at radius 1 is 1.22 bits per heavy atom. The Bertz CT molecular complexity index is 590. The van der Waals surface area contributed by atoms with Crippen molar-refractivity contribution in [2.75, 3.05) is 26.8 Å². The molecule has 124 valence electrons. The average molecular weight is 320 g/mol. The summed E-state index contributed by atoms with van der Waals surface area (Å²) in [7, 11) is 1.57. The van der Waals surface area contributed by atoms with E-state index in [2.05, 4.69) is 0 Å². The molecule has 23 heavy (non-hydrogen) atoms. The number of urea groups is 1. The predicted octanol–water partition coefficient (Wildman–Crippen LogP) is 2.37. The van der Waals surface area contributed by atoms with Gasteiger partial charge in [0.2, 0.25) is 0 Å². The van der Waals surface area contributed by atoms with Gasteiger partial charge in [-0.3, -0.25) is 9.69 Å². The van der Waals surface area contributed by atoms with E-state index in [0.29, 0.717) is 13.2 Å². The van der Waals surface area contributed by atoms with Crippen molar-refractivity contribution in [3.8, 4) is 0 Å². The van der Waals surface area contributed by atoms with Crippen LogP contribution in [0.1, 0.15) is 30.7 Å². The smallest absolute Gasteiger partial charge is 0.327 e. The Balaban J connectivity index is 1.78. The van der Waals surface area contributed by atoms with E-state index in [1.807, 2.05) is 0 Å². The molecule has 5 nitrogen and oxygen atoms in total. The largest absolute Gasteiger partial charge is 0.383 e. The Hall–Kier alpha value is -1.95. The van der Waals surface area contributed by atoms with Gasteiger partial charge in [-0.2, -0.15) is 0 Å². The van der Waals surface area contributed by atoms with Crippen molar-refractivity contribution < 1.29 is 18.7 Å². The number of rotatable bonds is 5. The zero-order valence-corrected chi connectivity index (χ0v) is 13.2. The molecule has 3 amide bonds. The highest BCUT2D eigenvalue weighted by molar-refractivity contribution is 6.02. The van der Waals surface area contributed by atoms with Crippen molar-refractivity contribution >= 4 is 11.9 Å². The van der Waals surface area contributed by atoms with E-state index in [0.717, 1.165) is 24.8 Å². The zero-order valence-electron chi connectivity index (χ0n) is 13.2. The van der Waals surface area contributed by atoms with Gasteiger partial charge < -0.3 is 9.64 Å². The van der Waals surface area contributed by atoms with Crippen molar-refractivity contribution in [3.05, 3.63) is 35.6 Å². The number of amides is 3. The van der Waals surface area contributed by atoms with E-state index in [1.165, 1.54) is 21.9 Å². The fourth-order valence-electron chi connectivity index (χ4n) is 3.62. The third-order valence-electron chi connectivity index (χ3n) is 4.75. The average Bonchev–Trinajstić information content (AvgIpc) is 3.11. The SMILES string of the molecule is COCCN1CC(=O)N([C@@H]2CCC[C@H]2c2ccc(F)cc2)C1=O. The minimum Gasteiger partial charge on any atom is -0.383 e. The fourth-order valence-corrected chi connectivity index (χ4v) is 3.62. The normalized spacial score (nSPS) is 24.8. The zero-order chi connectivity index (χ0) is 16.4. The van der Waals surface area contributed by atoms with Gasteiger partial charge in [-0.1, -0.05) is 18.6 Å². The number of hydrogen-bond acceptors (Lipinski definition) is 3. The van der Waals surface area contributed by atoms with Crippen LogP contribution in [0, 0.1) is 5.82 Å². The van der Waals surface area contributed by atoms with Crippen molar-refractivity contribution in [1.29, 1.82) is 0 Å². The monoisotopic (exact) mass is 320 g/mol. The van der Waals surface area contributed by atoms with Crippen LogP contribution in [-0.4, -0.2) is 54.6 Å². The third kappa shape index (κ3) is 3.08. The van der Waals surface area contributed by atoms with Gasteiger partial charge in [0, 0.05) is 25.6 Å². The van der Waals surface area contributed by atoms with Crippen molar-refractivity contribution in [2.45, 2.75) is 31.2 Å². The van der Waals surface area contributed by atoms with E-state index in [4.69, 9.17) is 4.74 Å². The number of carbonyl (C=O) groups is 2. The number of carbonyl (C=O) groups excluding carboxylic acids is 2. The molecule has 0 N–H and O–H groups in total. The highest BCUT2D eigenvalue weighted by atomic mass is 19.1. The minimum atomic E-state index is -0.276. The summed E-state index contributed by atoms with van der Waals surface area (Å²) in [6.07, 6.45) is 2.67. The molecule has 1 aromatic carbocycles. The molecule has 2 aliphatic rings. The fraction of sp³-hybridized carbons (Fsp3) is 0.529. The van der Waals surface area contributed by atoms with Crippen molar-refractivity contribution in [2.24, 2.45) is 0 Å². The van der Waals surface area contributed by atoms with Crippen LogP contribution in [0.25, 0.3) is 0 Å². The van der Waals surface area contributed by atoms with Crippen LogP contribution in [0.5, 0.6) is 0 Å². The molecule has 3 rings (SSSR count). The molecule has 2 atom stereocenters. The number of nitrogens with zero attached hydrogens (tertiary/aromatic N) is 2. The second-order valence-electron chi connectivity index (χ2n) is 6.12. The van der Waals surface area contributed by atoms with Gasteiger partial charge in [0.05, 0.1) is 6.61 Å². The van der Waals surface area contributed by atoms with E-state index in [-0.39, 0.29) is 36.3 Å². The summed E-state index contributed by atoms with van der Waals surface area (Å²) in [6.45, 7) is 0.958. The quantitative estimate of drug-likeness (QED) is 0.783. The molecule has 1 saturated carbocycles. The second kappa shape index (κ2) is 6.66. The minimum absolute atomic E-state index is 0.0888. The Labute approximate surface area is 135 Å². The molecule has 0 unspecified atom stereocenters. The van der Waals surface area contributed by atoms with E-state index >= 15 is 0 Å². The second-order valence-corrected chi connectivity index (χ2v) is 6.12. The summed E-state index contributed by atoms with van der Waals surface area (Å²) in [6, 6.07) is 6.02. The molecular formula is C17H21FN2O3. The van der Waals surface area contributed by atoms with E-state index in [9.17, 15) is 14.0 Å². The summed E-state index contributed by atoms with van der Waals surface area (Å²) in [4.78, 5) is 27.8. The van der Waals surface area contributed by atoms with Gasteiger partial charge in [0.15, 0.2) is 0 Å². The van der Waals surface area contributed by atoms with Gasteiger partial charge in [0.1, 0.15) is 12.4 Å². The molecule has 1 aromatic rings. The maximum Gasteiger partial charge on any atom is 0.327 e. The first-order valence-corrected chi connectivity index (χ1v) is 7.97. The van der Waals surface area contributed by atoms with Gasteiger partial charge in [0.25, 0.3) is 5.91 Å². The standard InChI is InChI=1S/C17H21FN2O3/c1-23-10-9-19-11-16(21)20(17(19)22)15-4-2-3-14(15)12-5-7-13(18)8-6-12/h5-8,14-15H,2-4,9-11H2,1H3/t14-,15+/m0/s1. The molecule has 6 heteroatoms. The molecule has 1 aliphatic heterocycles. The summed E-state index contributed by atoms with van der Waals surface area (Å²) in [5.74, 6) is -0.335. The maximum absolute atomic E-state index is 13.1. The van der Waals surface area contributed by atoms with Crippen LogP contribution in [0.4, 0.5) is 9.18 Å². The van der Waals surface area contributed by atoms with Gasteiger partial charge in [-0.15, -0.1) is 0 Å². The van der Waals surface area contributed by atoms with Gasteiger partial charge in [-0.25, -0.2) is 9.18 Å². The lowest BCUT2D eigenvalue weighted by molar-refractivity contribution is -0.127. The van der Waals surface area contributed by atoms with Crippen LogP contribution in [-0.2, 0) is 9.53 Å². The lowest BCUT2D eigenvalue weighted by Crippen LogP contribution is -2.43. The van der Waals surface area contributed by atoms with Crippen LogP contribution in [0.15, 0.2) is 24.3 Å². The molecule has 2 fully saturated rings. The molecule has 1 aliphatic carbocycles. The van der Waals surface area contributed by atoms with Crippen LogP contribution < -0.4 is 0 Å². The lowest BCUT2D eigenvalue weighted by Gasteiger charge is -2.28. The van der Waals surface area contributed by atoms with Gasteiger partial charge >= 0.3 is 6.03 Å². The predicted molar refractivity (Wildman–Crippen MR) is 82.5 cm³/mol. The third-order valence-corrected chi connectivity index (χ3v) is 4.75. The number of benzene rings is 1. The van der Waals surface area contributed by atoms with Crippen LogP contribution >= 0.6 is 0 Å². The first-order chi connectivity index (χ1) is 11.1. The number of ether oxygens (including phenoxy) is 1. The molecule has 0 spiro atoms. The summed E-state index contributed by atoms with van der Waals surface area (Å²) in [5.41, 5.74) is 0.991.